The number of carbonyl (C=O) groups is 1. The molecule has 0 aromatic heterocycles. The van der Waals surface area contributed by atoms with E-state index in [-0.39, 0.29) is 0 Å². The number of carboxylic acid groups (broad SMARTS) is 1. The number of rotatable bonds is 3. The van der Waals surface area contributed by atoms with Gasteiger partial charge in [-0.2, -0.15) is 0 Å². The summed E-state index contributed by atoms with van der Waals surface area (Å²) >= 11 is 1.54. The smallest absolute Gasteiger partial charge is 0.329 e. The van der Waals surface area contributed by atoms with Crippen LogP contribution in [-0.4, -0.2) is 16.8 Å². The van der Waals surface area contributed by atoms with E-state index in [2.05, 4.69) is 0 Å². The zero-order valence-electron chi connectivity index (χ0n) is 5.55. The number of thioether (sulfide) groups is 1. The average Bonchev–Trinajstić information content (AvgIpc) is 1.63. The van der Waals surface area contributed by atoms with Crippen molar-refractivity contribution in [3.05, 3.63) is 11.0 Å². The molecule has 0 atom stereocenters. The molecule has 9 heavy (non-hydrogen) atoms. The molecule has 0 saturated carbocycles. The molecule has 3 heteroatoms. The van der Waals surface area contributed by atoms with Gasteiger partial charge in [0.25, 0.3) is 0 Å². The van der Waals surface area contributed by atoms with Crippen LogP contribution in [0, 0.1) is 0 Å². The van der Waals surface area contributed by atoms with Crippen LogP contribution >= 0.6 is 11.8 Å². The standard InChI is InChI=1S/C6H10O2S/c1-3-9-5(2)4-6(7)8/h4H,3H2,1-2H3,(H,7,8)/b5-4-. The van der Waals surface area contributed by atoms with E-state index in [0.29, 0.717) is 0 Å². The number of hydrogen-bond donors (Lipinski definition) is 1. The highest BCUT2D eigenvalue weighted by atomic mass is 32.2. The molecule has 0 aliphatic carbocycles. The topological polar surface area (TPSA) is 37.3 Å². The molecule has 0 aliphatic rings. The van der Waals surface area contributed by atoms with E-state index in [4.69, 9.17) is 5.11 Å². The predicted molar refractivity (Wildman–Crippen MR) is 39.5 cm³/mol. The third kappa shape index (κ3) is 5.43. The van der Waals surface area contributed by atoms with Gasteiger partial charge in [-0.15, -0.1) is 11.8 Å². The molecular weight excluding hydrogens is 136 g/mol. The monoisotopic (exact) mass is 146 g/mol. The molecule has 0 saturated heterocycles. The SMILES string of the molecule is CCS/C(C)=C\C(=O)O. The number of carboxylic acids is 1. The van der Waals surface area contributed by atoms with Crippen LogP contribution in [-0.2, 0) is 4.79 Å². The van der Waals surface area contributed by atoms with Crippen LogP contribution in [0.3, 0.4) is 0 Å². The Morgan fingerprint density at radius 3 is 2.67 bits per heavy atom. The zero-order valence-corrected chi connectivity index (χ0v) is 6.36. The van der Waals surface area contributed by atoms with E-state index < -0.39 is 5.97 Å². The number of hydrogen-bond acceptors (Lipinski definition) is 2. The maximum Gasteiger partial charge on any atom is 0.329 e. The minimum Gasteiger partial charge on any atom is -0.478 e. The highest BCUT2D eigenvalue weighted by Crippen LogP contribution is 2.12. The molecule has 0 spiro atoms. The molecule has 1 N–H and O–H groups in total. The van der Waals surface area contributed by atoms with Gasteiger partial charge in [0.1, 0.15) is 0 Å². The van der Waals surface area contributed by atoms with E-state index >= 15 is 0 Å². The highest BCUT2D eigenvalue weighted by Gasteiger charge is 1.91. The lowest BCUT2D eigenvalue weighted by atomic mass is 10.5. The van der Waals surface area contributed by atoms with Gasteiger partial charge in [-0.3, -0.25) is 0 Å². The van der Waals surface area contributed by atoms with Gasteiger partial charge in [0.2, 0.25) is 0 Å². The Labute approximate surface area is 59.0 Å². The lowest BCUT2D eigenvalue weighted by molar-refractivity contribution is -0.131. The summed E-state index contributed by atoms with van der Waals surface area (Å²) in [7, 11) is 0. The summed E-state index contributed by atoms with van der Waals surface area (Å²) in [6.45, 7) is 3.78. The van der Waals surface area contributed by atoms with Gasteiger partial charge in [0, 0.05) is 6.08 Å². The first-order chi connectivity index (χ1) is 4.16. The van der Waals surface area contributed by atoms with E-state index in [1.807, 2.05) is 6.92 Å². The number of allylic oxidation sites excluding steroid dienone is 1. The van der Waals surface area contributed by atoms with Crippen molar-refractivity contribution in [1.29, 1.82) is 0 Å². The second-order valence-corrected chi connectivity index (χ2v) is 3.04. The molecule has 52 valence electrons. The fourth-order valence-corrected chi connectivity index (χ4v) is 1.08. The van der Waals surface area contributed by atoms with Crippen molar-refractivity contribution in [1.82, 2.24) is 0 Å². The van der Waals surface area contributed by atoms with Crippen molar-refractivity contribution < 1.29 is 9.90 Å². The van der Waals surface area contributed by atoms with Crippen LogP contribution in [0.5, 0.6) is 0 Å². The Morgan fingerprint density at radius 2 is 2.33 bits per heavy atom. The lowest BCUT2D eigenvalue weighted by Crippen LogP contribution is -1.87. The molecule has 2 nitrogen and oxygen atoms in total. The maximum absolute atomic E-state index is 9.99. The van der Waals surface area contributed by atoms with E-state index in [1.54, 1.807) is 6.92 Å². The summed E-state index contributed by atoms with van der Waals surface area (Å²) in [6.07, 6.45) is 1.22. The Morgan fingerprint density at radius 1 is 1.78 bits per heavy atom. The molecular formula is C6H10O2S. The van der Waals surface area contributed by atoms with E-state index in [0.717, 1.165) is 10.7 Å². The summed E-state index contributed by atoms with van der Waals surface area (Å²) in [5, 5.41) is 8.22. The van der Waals surface area contributed by atoms with Gasteiger partial charge in [-0.1, -0.05) is 6.92 Å². The summed E-state index contributed by atoms with van der Waals surface area (Å²) in [6, 6.07) is 0. The third-order valence-electron chi connectivity index (χ3n) is 0.699. The minimum atomic E-state index is -0.867. The Balaban J connectivity index is 3.69. The minimum absolute atomic E-state index is 0.852. The molecule has 0 heterocycles. The van der Waals surface area contributed by atoms with Gasteiger partial charge in [0.05, 0.1) is 0 Å². The first kappa shape index (κ1) is 8.56. The quantitative estimate of drug-likeness (QED) is 0.616. The Bertz CT molecular complexity index is 129. The maximum atomic E-state index is 9.99. The number of aliphatic carboxylic acids is 1. The molecule has 0 aromatic rings. The van der Waals surface area contributed by atoms with Gasteiger partial charge in [-0.05, 0) is 17.6 Å². The van der Waals surface area contributed by atoms with Crippen LogP contribution in [0.25, 0.3) is 0 Å². The van der Waals surface area contributed by atoms with E-state index in [1.165, 1.54) is 17.8 Å². The van der Waals surface area contributed by atoms with Crippen molar-refractivity contribution in [2.24, 2.45) is 0 Å². The predicted octanol–water partition coefficient (Wildman–Crippen LogP) is 1.73. The summed E-state index contributed by atoms with van der Waals surface area (Å²) in [4.78, 5) is 10.8. The molecule has 0 aromatic carbocycles. The van der Waals surface area contributed by atoms with Crippen molar-refractivity contribution in [3.63, 3.8) is 0 Å². The van der Waals surface area contributed by atoms with Crippen LogP contribution in [0.2, 0.25) is 0 Å². The van der Waals surface area contributed by atoms with Crippen LogP contribution in [0.1, 0.15) is 13.8 Å². The molecule has 0 fully saturated rings. The van der Waals surface area contributed by atoms with Gasteiger partial charge < -0.3 is 5.11 Å². The average molecular weight is 146 g/mol. The zero-order chi connectivity index (χ0) is 7.28. The molecule has 0 radical (unpaired) electrons. The summed E-state index contributed by atoms with van der Waals surface area (Å²) in [5.74, 6) is 0.0590. The molecule has 0 rings (SSSR count). The van der Waals surface area contributed by atoms with Crippen LogP contribution in [0.15, 0.2) is 11.0 Å². The molecule has 0 aliphatic heterocycles. The van der Waals surface area contributed by atoms with Gasteiger partial charge in [0.15, 0.2) is 0 Å². The fourth-order valence-electron chi connectivity index (χ4n) is 0.443. The second-order valence-electron chi connectivity index (χ2n) is 1.53. The van der Waals surface area contributed by atoms with Crippen molar-refractivity contribution >= 4 is 17.7 Å². The largest absolute Gasteiger partial charge is 0.478 e. The second kappa shape index (κ2) is 4.44. The lowest BCUT2D eigenvalue weighted by Gasteiger charge is -1.92. The van der Waals surface area contributed by atoms with Crippen LogP contribution in [0.4, 0.5) is 0 Å². The van der Waals surface area contributed by atoms with Crippen molar-refractivity contribution in [2.75, 3.05) is 5.75 Å². The molecule has 0 unspecified atom stereocenters. The third-order valence-corrected chi connectivity index (χ3v) is 1.56. The Hall–Kier alpha value is -0.440. The van der Waals surface area contributed by atoms with Gasteiger partial charge in [-0.25, -0.2) is 4.79 Å². The molecule has 0 bridgehead atoms. The molecule has 0 amide bonds. The van der Waals surface area contributed by atoms with Crippen LogP contribution < -0.4 is 0 Å². The fraction of sp³-hybridized carbons (Fsp3) is 0.500. The van der Waals surface area contributed by atoms with Crippen molar-refractivity contribution in [2.45, 2.75) is 13.8 Å². The van der Waals surface area contributed by atoms with Gasteiger partial charge >= 0.3 is 5.97 Å². The first-order valence-corrected chi connectivity index (χ1v) is 3.69. The first-order valence-electron chi connectivity index (χ1n) is 2.70. The Kier molecular flexibility index (Phi) is 4.22. The summed E-state index contributed by atoms with van der Waals surface area (Å²) in [5.41, 5.74) is 0. The van der Waals surface area contributed by atoms with Crippen molar-refractivity contribution in [3.8, 4) is 0 Å². The normalized spacial score (nSPS) is 11.6. The van der Waals surface area contributed by atoms with E-state index in [9.17, 15) is 4.79 Å². The highest BCUT2D eigenvalue weighted by molar-refractivity contribution is 8.03. The summed E-state index contributed by atoms with van der Waals surface area (Å²) < 4.78 is 0.